The lowest BCUT2D eigenvalue weighted by Gasteiger charge is -2.06. The third-order valence-electron chi connectivity index (χ3n) is 2.61. The number of nitrogens with zero attached hydrogens (tertiary/aromatic N) is 1. The second kappa shape index (κ2) is 6.52. The van der Waals surface area contributed by atoms with E-state index in [9.17, 15) is 0 Å². The largest absolute Gasteiger partial charge is 0.380 e. The number of rotatable bonds is 6. The Morgan fingerprint density at radius 1 is 1.39 bits per heavy atom. The first-order valence-electron chi connectivity index (χ1n) is 6.07. The van der Waals surface area contributed by atoms with Crippen molar-refractivity contribution in [3.8, 4) is 0 Å². The highest BCUT2D eigenvalue weighted by atomic mass is 32.1. The predicted octanol–water partition coefficient (Wildman–Crippen LogP) is 3.46. The van der Waals surface area contributed by atoms with E-state index in [-0.39, 0.29) is 0 Å². The van der Waals surface area contributed by atoms with Crippen LogP contribution in [0.1, 0.15) is 23.2 Å². The zero-order valence-corrected chi connectivity index (χ0v) is 11.6. The van der Waals surface area contributed by atoms with Crippen LogP contribution in [-0.2, 0) is 24.3 Å². The van der Waals surface area contributed by atoms with Crippen LogP contribution in [0.4, 0.5) is 5.69 Å². The SMILES string of the molecule is CCc1nc(CNc2cccc(COC)c2)cs1. The third kappa shape index (κ3) is 3.55. The van der Waals surface area contributed by atoms with Gasteiger partial charge in [0.25, 0.3) is 0 Å². The number of nitrogens with one attached hydrogen (secondary N) is 1. The van der Waals surface area contributed by atoms with E-state index in [1.807, 2.05) is 6.07 Å². The molecular formula is C14H18N2OS. The molecule has 1 heterocycles. The quantitative estimate of drug-likeness (QED) is 0.865. The van der Waals surface area contributed by atoms with E-state index in [2.05, 4.69) is 40.8 Å². The first-order chi connectivity index (χ1) is 8.81. The lowest BCUT2D eigenvalue weighted by molar-refractivity contribution is 0.185. The zero-order valence-electron chi connectivity index (χ0n) is 10.8. The zero-order chi connectivity index (χ0) is 12.8. The molecule has 18 heavy (non-hydrogen) atoms. The molecule has 3 nitrogen and oxygen atoms in total. The molecule has 0 amide bonds. The molecule has 0 aliphatic rings. The Labute approximate surface area is 112 Å². The van der Waals surface area contributed by atoms with Crippen molar-refractivity contribution in [2.24, 2.45) is 0 Å². The van der Waals surface area contributed by atoms with Gasteiger partial charge in [-0.25, -0.2) is 4.98 Å². The highest BCUT2D eigenvalue weighted by Gasteiger charge is 2.00. The normalized spacial score (nSPS) is 10.6. The number of benzene rings is 1. The molecule has 1 N–H and O–H groups in total. The van der Waals surface area contributed by atoms with Crippen molar-refractivity contribution in [3.63, 3.8) is 0 Å². The van der Waals surface area contributed by atoms with Crippen LogP contribution in [0.25, 0.3) is 0 Å². The van der Waals surface area contributed by atoms with Gasteiger partial charge in [-0.1, -0.05) is 19.1 Å². The second-order valence-electron chi connectivity index (χ2n) is 4.07. The summed E-state index contributed by atoms with van der Waals surface area (Å²) in [4.78, 5) is 4.53. The van der Waals surface area contributed by atoms with Gasteiger partial charge in [0.05, 0.1) is 23.9 Å². The second-order valence-corrected chi connectivity index (χ2v) is 5.02. The van der Waals surface area contributed by atoms with Crippen molar-refractivity contribution in [1.29, 1.82) is 0 Å². The maximum Gasteiger partial charge on any atom is 0.0926 e. The fraction of sp³-hybridized carbons (Fsp3) is 0.357. The molecule has 0 fully saturated rings. The number of anilines is 1. The Balaban J connectivity index is 1.94. The van der Waals surface area contributed by atoms with E-state index in [1.54, 1.807) is 18.4 Å². The Morgan fingerprint density at radius 3 is 3.00 bits per heavy atom. The Kier molecular flexibility index (Phi) is 4.73. The lowest BCUT2D eigenvalue weighted by Crippen LogP contribution is -2.00. The van der Waals surface area contributed by atoms with Gasteiger partial charge in [-0.05, 0) is 24.1 Å². The van der Waals surface area contributed by atoms with Crippen LogP contribution in [-0.4, -0.2) is 12.1 Å². The number of thiazole rings is 1. The Morgan fingerprint density at radius 2 is 2.28 bits per heavy atom. The van der Waals surface area contributed by atoms with Crippen LogP contribution in [0.3, 0.4) is 0 Å². The minimum Gasteiger partial charge on any atom is -0.380 e. The van der Waals surface area contributed by atoms with E-state index in [1.165, 1.54) is 10.6 Å². The first-order valence-corrected chi connectivity index (χ1v) is 6.94. The Bertz CT molecular complexity index is 496. The predicted molar refractivity (Wildman–Crippen MR) is 76.0 cm³/mol. The molecule has 0 spiro atoms. The molecule has 0 bridgehead atoms. The van der Waals surface area contributed by atoms with Gasteiger partial charge in [-0.3, -0.25) is 0 Å². The molecule has 1 aromatic heterocycles. The summed E-state index contributed by atoms with van der Waals surface area (Å²) < 4.78 is 5.13. The van der Waals surface area contributed by atoms with E-state index in [4.69, 9.17) is 4.74 Å². The number of hydrogen-bond donors (Lipinski definition) is 1. The van der Waals surface area contributed by atoms with Crippen molar-refractivity contribution in [3.05, 3.63) is 45.9 Å². The average molecular weight is 262 g/mol. The molecule has 0 aliphatic carbocycles. The fourth-order valence-electron chi connectivity index (χ4n) is 1.72. The average Bonchev–Trinajstić information content (AvgIpc) is 2.85. The lowest BCUT2D eigenvalue weighted by atomic mass is 10.2. The van der Waals surface area contributed by atoms with Gasteiger partial charge < -0.3 is 10.1 Å². The van der Waals surface area contributed by atoms with Crippen LogP contribution in [0.15, 0.2) is 29.6 Å². The van der Waals surface area contributed by atoms with Gasteiger partial charge in [0.15, 0.2) is 0 Å². The van der Waals surface area contributed by atoms with Crippen molar-refractivity contribution < 1.29 is 4.74 Å². The van der Waals surface area contributed by atoms with Gasteiger partial charge in [-0.2, -0.15) is 0 Å². The summed E-state index contributed by atoms with van der Waals surface area (Å²) in [5.41, 5.74) is 3.39. The van der Waals surface area contributed by atoms with Crippen molar-refractivity contribution in [2.75, 3.05) is 12.4 Å². The molecule has 0 unspecified atom stereocenters. The van der Waals surface area contributed by atoms with E-state index >= 15 is 0 Å². The summed E-state index contributed by atoms with van der Waals surface area (Å²) in [6.45, 7) is 3.55. The molecule has 2 rings (SSSR count). The summed E-state index contributed by atoms with van der Waals surface area (Å²) in [5, 5.41) is 6.70. The molecule has 0 aliphatic heterocycles. The van der Waals surface area contributed by atoms with Crippen molar-refractivity contribution in [2.45, 2.75) is 26.5 Å². The maximum absolute atomic E-state index is 5.13. The standard InChI is InChI=1S/C14H18N2OS/c1-3-14-16-13(10-18-14)8-15-12-6-4-5-11(7-12)9-17-2/h4-7,10,15H,3,8-9H2,1-2H3. The summed E-state index contributed by atoms with van der Waals surface area (Å²) in [7, 11) is 1.71. The van der Waals surface area contributed by atoms with Gasteiger partial charge in [0.2, 0.25) is 0 Å². The van der Waals surface area contributed by atoms with Crippen LogP contribution in [0.2, 0.25) is 0 Å². The van der Waals surface area contributed by atoms with Gasteiger partial charge in [0.1, 0.15) is 0 Å². The fourth-order valence-corrected chi connectivity index (χ4v) is 2.47. The minimum absolute atomic E-state index is 0.645. The van der Waals surface area contributed by atoms with Gasteiger partial charge >= 0.3 is 0 Å². The van der Waals surface area contributed by atoms with Crippen molar-refractivity contribution in [1.82, 2.24) is 4.98 Å². The van der Waals surface area contributed by atoms with Gasteiger partial charge in [-0.15, -0.1) is 11.3 Å². The minimum atomic E-state index is 0.645. The van der Waals surface area contributed by atoms with Crippen molar-refractivity contribution >= 4 is 17.0 Å². The topological polar surface area (TPSA) is 34.2 Å². The molecule has 4 heteroatoms. The first kappa shape index (κ1) is 13.1. The van der Waals surface area contributed by atoms with Crippen LogP contribution < -0.4 is 5.32 Å². The summed E-state index contributed by atoms with van der Waals surface area (Å²) in [6.07, 6.45) is 1.01. The highest BCUT2D eigenvalue weighted by molar-refractivity contribution is 7.09. The molecule has 1 aromatic carbocycles. The van der Waals surface area contributed by atoms with E-state index < -0.39 is 0 Å². The molecule has 96 valence electrons. The van der Waals surface area contributed by atoms with Crippen LogP contribution in [0, 0.1) is 0 Å². The van der Waals surface area contributed by atoms with E-state index in [0.29, 0.717) is 6.61 Å². The summed E-state index contributed by atoms with van der Waals surface area (Å²) in [6, 6.07) is 8.27. The maximum atomic E-state index is 5.13. The number of aryl methyl sites for hydroxylation is 1. The number of methoxy groups -OCH3 is 1. The summed E-state index contributed by atoms with van der Waals surface area (Å²) in [5.74, 6) is 0. The number of ether oxygens (including phenoxy) is 1. The molecule has 2 aromatic rings. The monoisotopic (exact) mass is 262 g/mol. The molecule has 0 saturated heterocycles. The van der Waals surface area contributed by atoms with Crippen LogP contribution >= 0.6 is 11.3 Å². The molecular weight excluding hydrogens is 244 g/mol. The summed E-state index contributed by atoms with van der Waals surface area (Å²) >= 11 is 1.72. The molecule has 0 atom stereocenters. The van der Waals surface area contributed by atoms with E-state index in [0.717, 1.165) is 24.3 Å². The number of hydrogen-bond acceptors (Lipinski definition) is 4. The molecule has 0 saturated carbocycles. The third-order valence-corrected chi connectivity index (χ3v) is 3.66. The van der Waals surface area contributed by atoms with Crippen LogP contribution in [0.5, 0.6) is 0 Å². The van der Waals surface area contributed by atoms with Gasteiger partial charge in [0, 0.05) is 18.2 Å². The number of aromatic nitrogens is 1. The molecule has 0 radical (unpaired) electrons. The highest BCUT2D eigenvalue weighted by Crippen LogP contribution is 2.14. The smallest absolute Gasteiger partial charge is 0.0926 e. The Hall–Kier alpha value is -1.39.